The minimum Gasteiger partial charge on any atom is -0.496 e. The van der Waals surface area contributed by atoms with E-state index in [4.69, 9.17) is 25.7 Å². The highest BCUT2D eigenvalue weighted by Crippen LogP contribution is 2.37. The predicted octanol–water partition coefficient (Wildman–Crippen LogP) is 0.217. The summed E-state index contributed by atoms with van der Waals surface area (Å²) < 4.78 is 16.1. The van der Waals surface area contributed by atoms with Crippen molar-refractivity contribution in [3.63, 3.8) is 0 Å². The molecule has 1 aliphatic heterocycles. The molecule has 1 heterocycles. The van der Waals surface area contributed by atoms with Gasteiger partial charge in [-0.25, -0.2) is 0 Å². The lowest BCUT2D eigenvalue weighted by molar-refractivity contribution is 0.0335. The van der Waals surface area contributed by atoms with Crippen LogP contribution in [-0.4, -0.2) is 51.3 Å². The Morgan fingerprint density at radius 2 is 2.00 bits per heavy atom. The third-order valence-electron chi connectivity index (χ3n) is 3.53. The Morgan fingerprint density at radius 3 is 2.52 bits per heavy atom. The maximum Gasteiger partial charge on any atom is 0.254 e. The molecule has 0 atom stereocenters. The van der Waals surface area contributed by atoms with Gasteiger partial charge in [-0.05, 0) is 0 Å². The molecule has 1 aromatic rings. The number of carbonyl (C=O) groups is 1. The highest BCUT2D eigenvalue weighted by molar-refractivity contribution is 6.01. The SMILES string of the molecule is COc1cc(N)c(C(N)=O)c(OC)c1CN1CCOCC1. The van der Waals surface area contributed by atoms with Crippen LogP contribution in [0.3, 0.4) is 0 Å². The highest BCUT2D eigenvalue weighted by atomic mass is 16.5. The Labute approximate surface area is 123 Å². The van der Waals surface area contributed by atoms with E-state index in [1.807, 2.05) is 0 Å². The number of primary amides is 1. The third-order valence-corrected chi connectivity index (χ3v) is 3.53. The summed E-state index contributed by atoms with van der Waals surface area (Å²) in [6.45, 7) is 3.56. The Morgan fingerprint density at radius 1 is 1.33 bits per heavy atom. The summed E-state index contributed by atoms with van der Waals surface area (Å²) in [7, 11) is 3.05. The smallest absolute Gasteiger partial charge is 0.254 e. The van der Waals surface area contributed by atoms with Crippen molar-refractivity contribution in [2.75, 3.05) is 46.3 Å². The van der Waals surface area contributed by atoms with Gasteiger partial charge in [0, 0.05) is 25.7 Å². The number of morpholine rings is 1. The van der Waals surface area contributed by atoms with Gasteiger partial charge in [0.25, 0.3) is 5.91 Å². The molecule has 0 radical (unpaired) electrons. The van der Waals surface area contributed by atoms with Gasteiger partial charge in [-0.2, -0.15) is 0 Å². The fourth-order valence-electron chi connectivity index (χ4n) is 2.49. The quantitative estimate of drug-likeness (QED) is 0.754. The topological polar surface area (TPSA) is 100 Å². The molecule has 0 spiro atoms. The summed E-state index contributed by atoms with van der Waals surface area (Å²) >= 11 is 0. The average molecular weight is 295 g/mol. The second-order valence-electron chi connectivity index (χ2n) is 4.81. The van der Waals surface area contributed by atoms with Crippen LogP contribution in [-0.2, 0) is 11.3 Å². The number of nitrogens with two attached hydrogens (primary N) is 2. The number of hydrogen-bond donors (Lipinski definition) is 2. The summed E-state index contributed by atoms with van der Waals surface area (Å²) in [5.74, 6) is 0.349. The maximum atomic E-state index is 11.6. The number of anilines is 1. The molecule has 1 aromatic carbocycles. The number of ether oxygens (including phenoxy) is 3. The van der Waals surface area contributed by atoms with Gasteiger partial charge in [0.2, 0.25) is 0 Å². The van der Waals surface area contributed by atoms with Crippen LogP contribution in [0.4, 0.5) is 5.69 Å². The van der Waals surface area contributed by atoms with Gasteiger partial charge in [0.15, 0.2) is 0 Å². The molecule has 7 nitrogen and oxygen atoms in total. The van der Waals surface area contributed by atoms with Gasteiger partial charge in [0.1, 0.15) is 17.1 Å². The lowest BCUT2D eigenvalue weighted by Gasteiger charge is -2.28. The Bertz CT molecular complexity index is 527. The van der Waals surface area contributed by atoms with Crippen molar-refractivity contribution in [2.24, 2.45) is 5.73 Å². The molecule has 21 heavy (non-hydrogen) atoms. The second-order valence-corrected chi connectivity index (χ2v) is 4.81. The van der Waals surface area contributed by atoms with E-state index in [1.165, 1.54) is 7.11 Å². The number of nitrogens with zero attached hydrogens (tertiary/aromatic N) is 1. The first-order chi connectivity index (χ1) is 10.1. The average Bonchev–Trinajstić information content (AvgIpc) is 2.48. The van der Waals surface area contributed by atoms with E-state index in [-0.39, 0.29) is 11.3 Å². The largest absolute Gasteiger partial charge is 0.496 e. The number of nitrogen functional groups attached to an aromatic ring is 1. The van der Waals surface area contributed by atoms with Gasteiger partial charge in [-0.1, -0.05) is 0 Å². The fraction of sp³-hybridized carbons (Fsp3) is 0.500. The van der Waals surface area contributed by atoms with Crippen molar-refractivity contribution < 1.29 is 19.0 Å². The molecular formula is C14H21N3O4. The van der Waals surface area contributed by atoms with Crippen molar-refractivity contribution in [1.82, 2.24) is 4.90 Å². The molecule has 0 aliphatic carbocycles. The summed E-state index contributed by atoms with van der Waals surface area (Å²) in [6.07, 6.45) is 0. The monoisotopic (exact) mass is 295 g/mol. The predicted molar refractivity (Wildman–Crippen MR) is 78.6 cm³/mol. The van der Waals surface area contributed by atoms with Crippen molar-refractivity contribution in [3.05, 3.63) is 17.2 Å². The summed E-state index contributed by atoms with van der Waals surface area (Å²) in [6, 6.07) is 1.61. The minimum absolute atomic E-state index is 0.196. The van der Waals surface area contributed by atoms with E-state index >= 15 is 0 Å². The summed E-state index contributed by atoms with van der Waals surface area (Å²) in [5, 5.41) is 0. The number of rotatable bonds is 5. The molecule has 0 saturated carbocycles. The van der Waals surface area contributed by atoms with Gasteiger partial charge < -0.3 is 25.7 Å². The molecule has 0 aromatic heterocycles. The van der Waals surface area contributed by atoms with E-state index in [1.54, 1.807) is 13.2 Å². The van der Waals surface area contributed by atoms with Crippen LogP contribution >= 0.6 is 0 Å². The third kappa shape index (κ3) is 3.20. The lowest BCUT2D eigenvalue weighted by Crippen LogP contribution is -2.36. The van der Waals surface area contributed by atoms with E-state index < -0.39 is 5.91 Å². The molecule has 1 fully saturated rings. The van der Waals surface area contributed by atoms with Crippen LogP contribution < -0.4 is 20.9 Å². The van der Waals surface area contributed by atoms with E-state index in [0.717, 1.165) is 18.7 Å². The zero-order valence-corrected chi connectivity index (χ0v) is 12.3. The number of carbonyl (C=O) groups excluding carboxylic acids is 1. The van der Waals surface area contributed by atoms with E-state index in [2.05, 4.69) is 4.90 Å². The number of methoxy groups -OCH3 is 2. The molecule has 116 valence electrons. The lowest BCUT2D eigenvalue weighted by atomic mass is 10.0. The fourth-order valence-corrected chi connectivity index (χ4v) is 2.49. The van der Waals surface area contributed by atoms with E-state index in [0.29, 0.717) is 31.3 Å². The van der Waals surface area contributed by atoms with Crippen LogP contribution in [0.25, 0.3) is 0 Å². The molecule has 1 saturated heterocycles. The molecule has 2 rings (SSSR count). The first kappa shape index (κ1) is 15.4. The van der Waals surface area contributed by atoms with Crippen LogP contribution in [0.1, 0.15) is 15.9 Å². The Balaban J connectivity index is 2.45. The molecule has 0 unspecified atom stereocenters. The Hall–Kier alpha value is -1.99. The minimum atomic E-state index is -0.616. The molecule has 0 bridgehead atoms. The van der Waals surface area contributed by atoms with Crippen molar-refractivity contribution >= 4 is 11.6 Å². The van der Waals surface area contributed by atoms with Gasteiger partial charge >= 0.3 is 0 Å². The van der Waals surface area contributed by atoms with Crippen LogP contribution in [0.2, 0.25) is 0 Å². The van der Waals surface area contributed by atoms with Crippen molar-refractivity contribution in [3.8, 4) is 11.5 Å². The standard InChI is InChI=1S/C14H21N3O4/c1-19-11-7-10(15)12(14(16)18)13(20-2)9(11)8-17-3-5-21-6-4-17/h7H,3-6,8,15H2,1-2H3,(H2,16,18). The van der Waals surface area contributed by atoms with Gasteiger partial charge in [-0.3, -0.25) is 9.69 Å². The molecular weight excluding hydrogens is 274 g/mol. The molecule has 4 N–H and O–H groups in total. The van der Waals surface area contributed by atoms with Gasteiger partial charge in [0.05, 0.1) is 38.7 Å². The van der Waals surface area contributed by atoms with Crippen LogP contribution in [0.5, 0.6) is 11.5 Å². The normalized spacial score (nSPS) is 15.7. The second kappa shape index (κ2) is 6.64. The highest BCUT2D eigenvalue weighted by Gasteiger charge is 2.24. The number of amides is 1. The Kier molecular flexibility index (Phi) is 4.87. The summed E-state index contributed by atoms with van der Waals surface area (Å²) in [4.78, 5) is 13.8. The van der Waals surface area contributed by atoms with Gasteiger partial charge in [-0.15, -0.1) is 0 Å². The first-order valence-electron chi connectivity index (χ1n) is 6.71. The maximum absolute atomic E-state index is 11.6. The van der Waals surface area contributed by atoms with E-state index in [9.17, 15) is 4.79 Å². The van der Waals surface area contributed by atoms with Crippen molar-refractivity contribution in [1.29, 1.82) is 0 Å². The molecule has 7 heteroatoms. The zero-order chi connectivity index (χ0) is 15.4. The van der Waals surface area contributed by atoms with Crippen LogP contribution in [0, 0.1) is 0 Å². The molecule has 1 aliphatic rings. The number of benzene rings is 1. The van der Waals surface area contributed by atoms with Crippen LogP contribution in [0.15, 0.2) is 6.07 Å². The number of hydrogen-bond acceptors (Lipinski definition) is 6. The summed E-state index contributed by atoms with van der Waals surface area (Å²) in [5.41, 5.74) is 12.5. The first-order valence-corrected chi connectivity index (χ1v) is 6.71. The molecule has 1 amide bonds. The van der Waals surface area contributed by atoms with Crippen molar-refractivity contribution in [2.45, 2.75) is 6.54 Å². The zero-order valence-electron chi connectivity index (χ0n) is 12.3.